The molecule has 1 fully saturated rings. The van der Waals surface area contributed by atoms with Gasteiger partial charge < -0.3 is 9.88 Å². The maximum absolute atomic E-state index is 11.5. The molecule has 4 heteroatoms. The number of benzene rings is 1. The predicted molar refractivity (Wildman–Crippen MR) is 98.8 cm³/mol. The van der Waals surface area contributed by atoms with Crippen molar-refractivity contribution in [3.05, 3.63) is 36.0 Å². The predicted octanol–water partition coefficient (Wildman–Crippen LogP) is 3.25. The van der Waals surface area contributed by atoms with Gasteiger partial charge in [-0.25, -0.2) is 0 Å². The van der Waals surface area contributed by atoms with E-state index in [4.69, 9.17) is 0 Å². The van der Waals surface area contributed by atoms with E-state index in [1.165, 1.54) is 16.5 Å². The van der Waals surface area contributed by atoms with E-state index in [1.807, 2.05) is 0 Å². The van der Waals surface area contributed by atoms with Crippen molar-refractivity contribution in [1.82, 2.24) is 14.8 Å². The first-order valence-electron chi connectivity index (χ1n) is 9.05. The molecule has 1 aliphatic heterocycles. The highest BCUT2D eigenvalue weighted by atomic mass is 16.1. The van der Waals surface area contributed by atoms with E-state index in [9.17, 15) is 4.79 Å². The number of likely N-dealkylation sites (tertiary alicyclic amines) is 1. The largest absolute Gasteiger partial charge is 0.352 e. The van der Waals surface area contributed by atoms with Crippen LogP contribution in [-0.2, 0) is 17.9 Å². The third-order valence-corrected chi connectivity index (χ3v) is 5.32. The maximum Gasteiger partial charge on any atom is 0.217 e. The minimum Gasteiger partial charge on any atom is -0.352 e. The minimum absolute atomic E-state index is 0.0784. The van der Waals surface area contributed by atoms with E-state index < -0.39 is 0 Å². The van der Waals surface area contributed by atoms with E-state index in [-0.39, 0.29) is 11.9 Å². The van der Waals surface area contributed by atoms with E-state index in [0.29, 0.717) is 11.8 Å². The van der Waals surface area contributed by atoms with Crippen LogP contribution in [0.15, 0.2) is 30.5 Å². The number of carbonyl (C=O) groups excluding carboxylic acids is 1. The Kier molecular flexibility index (Phi) is 4.95. The zero-order chi connectivity index (χ0) is 17.3. The molecule has 1 amide bonds. The van der Waals surface area contributed by atoms with Gasteiger partial charge in [-0.2, -0.15) is 0 Å². The first-order valence-corrected chi connectivity index (χ1v) is 9.05. The number of hydrogen-bond acceptors (Lipinski definition) is 2. The molecule has 4 nitrogen and oxygen atoms in total. The summed E-state index contributed by atoms with van der Waals surface area (Å²) in [5, 5.41) is 4.51. The first-order chi connectivity index (χ1) is 11.5. The Hall–Kier alpha value is -1.81. The van der Waals surface area contributed by atoms with Gasteiger partial charge in [-0.15, -0.1) is 0 Å². The van der Waals surface area contributed by atoms with E-state index in [0.717, 1.165) is 26.2 Å². The number of rotatable bonds is 5. The van der Waals surface area contributed by atoms with Crippen LogP contribution in [0.1, 0.15) is 33.3 Å². The van der Waals surface area contributed by atoms with Crippen molar-refractivity contribution in [2.45, 2.75) is 46.8 Å². The number of aryl methyl sites for hydroxylation is 1. The zero-order valence-corrected chi connectivity index (χ0v) is 15.2. The van der Waals surface area contributed by atoms with Crippen LogP contribution < -0.4 is 5.32 Å². The maximum atomic E-state index is 11.5. The Morgan fingerprint density at radius 3 is 2.75 bits per heavy atom. The van der Waals surface area contributed by atoms with Crippen molar-refractivity contribution in [3.8, 4) is 0 Å². The summed E-state index contributed by atoms with van der Waals surface area (Å²) in [6, 6.07) is 9.09. The molecule has 0 aliphatic carbocycles. The van der Waals surface area contributed by atoms with Gasteiger partial charge in [0.05, 0.1) is 0 Å². The van der Waals surface area contributed by atoms with Gasteiger partial charge in [-0.3, -0.25) is 9.69 Å². The van der Waals surface area contributed by atoms with Crippen molar-refractivity contribution < 1.29 is 4.79 Å². The van der Waals surface area contributed by atoms with E-state index in [1.54, 1.807) is 6.92 Å². The highest BCUT2D eigenvalue weighted by molar-refractivity contribution is 5.83. The standard InChI is InChI=1S/C20H29N3O/c1-5-23-10-9-17-16(7-6-8-20(17)23)11-22-12-18(14(2)3)19(13-22)21-15(4)24/h6-10,14,18-19H,5,11-13H2,1-4H3,(H,21,24)/t18-,19+/m0/s1. The minimum atomic E-state index is 0.0784. The number of nitrogens with zero attached hydrogens (tertiary/aromatic N) is 2. The number of carbonyl (C=O) groups is 1. The van der Waals surface area contributed by atoms with Crippen LogP contribution in [0.25, 0.3) is 10.9 Å². The highest BCUT2D eigenvalue weighted by Crippen LogP contribution is 2.28. The van der Waals surface area contributed by atoms with Gasteiger partial charge in [0.25, 0.3) is 0 Å². The van der Waals surface area contributed by atoms with Gasteiger partial charge in [0.15, 0.2) is 0 Å². The summed E-state index contributed by atoms with van der Waals surface area (Å²) in [5.41, 5.74) is 2.69. The van der Waals surface area contributed by atoms with Crippen LogP contribution in [0.2, 0.25) is 0 Å². The molecule has 24 heavy (non-hydrogen) atoms. The van der Waals surface area contributed by atoms with Crippen molar-refractivity contribution in [3.63, 3.8) is 0 Å². The molecule has 2 aromatic rings. The quantitative estimate of drug-likeness (QED) is 0.915. The molecule has 2 atom stereocenters. The average Bonchev–Trinajstić information content (AvgIpc) is 3.11. The lowest BCUT2D eigenvalue weighted by Crippen LogP contribution is -2.40. The van der Waals surface area contributed by atoms with Crippen LogP contribution in [-0.4, -0.2) is 34.5 Å². The SMILES string of the molecule is CCn1ccc2c(CN3C[C@@H](NC(C)=O)[C@H](C(C)C)C3)cccc21. The van der Waals surface area contributed by atoms with Crippen LogP contribution in [0.5, 0.6) is 0 Å². The number of fused-ring (bicyclic) bond motifs is 1. The fourth-order valence-electron chi connectivity index (χ4n) is 4.07. The smallest absolute Gasteiger partial charge is 0.217 e. The van der Waals surface area contributed by atoms with Crippen LogP contribution in [0.3, 0.4) is 0 Å². The second kappa shape index (κ2) is 6.98. The second-order valence-corrected chi connectivity index (χ2v) is 7.36. The van der Waals surface area contributed by atoms with Gasteiger partial charge in [0, 0.05) is 56.2 Å². The van der Waals surface area contributed by atoms with Gasteiger partial charge >= 0.3 is 0 Å². The molecule has 0 spiro atoms. The summed E-state index contributed by atoms with van der Waals surface area (Å²) in [4.78, 5) is 14.0. The zero-order valence-electron chi connectivity index (χ0n) is 15.2. The van der Waals surface area contributed by atoms with Crippen molar-refractivity contribution in [2.24, 2.45) is 11.8 Å². The van der Waals surface area contributed by atoms with Crippen molar-refractivity contribution in [1.29, 1.82) is 0 Å². The molecular formula is C20H29N3O. The monoisotopic (exact) mass is 327 g/mol. The molecule has 3 rings (SSSR count). The summed E-state index contributed by atoms with van der Waals surface area (Å²) < 4.78 is 2.29. The Morgan fingerprint density at radius 2 is 2.08 bits per heavy atom. The number of hydrogen-bond donors (Lipinski definition) is 1. The molecular weight excluding hydrogens is 298 g/mol. The molecule has 1 aromatic heterocycles. The highest BCUT2D eigenvalue weighted by Gasteiger charge is 2.35. The van der Waals surface area contributed by atoms with Gasteiger partial charge in [0.1, 0.15) is 0 Å². The Balaban J connectivity index is 1.79. The second-order valence-electron chi connectivity index (χ2n) is 7.36. The van der Waals surface area contributed by atoms with Crippen LogP contribution in [0, 0.1) is 11.8 Å². The average molecular weight is 327 g/mol. The fourth-order valence-corrected chi connectivity index (χ4v) is 4.07. The number of aromatic nitrogens is 1. The molecule has 1 saturated heterocycles. The Labute approximate surface area is 144 Å². The summed E-state index contributed by atoms with van der Waals surface area (Å²) in [5.74, 6) is 1.17. The lowest BCUT2D eigenvalue weighted by Gasteiger charge is -2.22. The van der Waals surface area contributed by atoms with Crippen molar-refractivity contribution >= 4 is 16.8 Å². The van der Waals surface area contributed by atoms with Crippen LogP contribution in [0.4, 0.5) is 0 Å². The molecule has 130 valence electrons. The lowest BCUT2D eigenvalue weighted by molar-refractivity contribution is -0.119. The molecule has 1 N–H and O–H groups in total. The molecule has 0 radical (unpaired) electrons. The summed E-state index contributed by atoms with van der Waals surface area (Å²) in [7, 11) is 0. The van der Waals surface area contributed by atoms with Gasteiger partial charge in [-0.05, 0) is 36.5 Å². The fraction of sp³-hybridized carbons (Fsp3) is 0.550. The topological polar surface area (TPSA) is 37.3 Å². The summed E-state index contributed by atoms with van der Waals surface area (Å²) in [6.45, 7) is 12.2. The molecule has 0 bridgehead atoms. The molecule has 2 heterocycles. The molecule has 1 aromatic carbocycles. The van der Waals surface area contributed by atoms with Crippen LogP contribution >= 0.6 is 0 Å². The van der Waals surface area contributed by atoms with E-state index in [2.05, 4.69) is 66.0 Å². The third kappa shape index (κ3) is 3.34. The summed E-state index contributed by atoms with van der Waals surface area (Å²) in [6.07, 6.45) is 2.18. The van der Waals surface area contributed by atoms with Crippen molar-refractivity contribution in [2.75, 3.05) is 13.1 Å². The van der Waals surface area contributed by atoms with Gasteiger partial charge in [-0.1, -0.05) is 26.0 Å². The number of nitrogens with one attached hydrogen (secondary N) is 1. The number of amides is 1. The van der Waals surface area contributed by atoms with E-state index >= 15 is 0 Å². The normalized spacial score (nSPS) is 21.7. The first kappa shape index (κ1) is 17.0. The Morgan fingerprint density at radius 1 is 1.29 bits per heavy atom. The third-order valence-electron chi connectivity index (χ3n) is 5.32. The molecule has 0 saturated carbocycles. The summed E-state index contributed by atoms with van der Waals surface area (Å²) >= 11 is 0. The van der Waals surface area contributed by atoms with Gasteiger partial charge in [0.2, 0.25) is 5.91 Å². The lowest BCUT2D eigenvalue weighted by atomic mass is 9.91. The molecule has 0 unspecified atom stereocenters. The molecule has 1 aliphatic rings. The Bertz CT molecular complexity index is 719.